The van der Waals surface area contributed by atoms with Crippen molar-refractivity contribution >= 4 is 23.5 Å². The van der Waals surface area contributed by atoms with Crippen molar-refractivity contribution in [3.8, 4) is 5.75 Å². The molecule has 0 saturated heterocycles. The summed E-state index contributed by atoms with van der Waals surface area (Å²) in [4.78, 5) is 40.7. The Hall–Kier alpha value is -4.21. The van der Waals surface area contributed by atoms with Gasteiger partial charge < -0.3 is 20.3 Å². The predicted octanol–water partition coefficient (Wildman–Crippen LogP) is 2.76. The topological polar surface area (TPSA) is 144 Å². The van der Waals surface area contributed by atoms with Gasteiger partial charge in [0, 0.05) is 6.20 Å². The Balaban J connectivity index is 2.01. The molecular formula is C21H20N4O6. The van der Waals surface area contributed by atoms with E-state index in [0.29, 0.717) is 18.1 Å². The lowest BCUT2D eigenvalue weighted by atomic mass is 10.1. The smallest absolute Gasteiger partial charge is 0.358 e. The molecule has 1 amide bonds. The lowest BCUT2D eigenvalue weighted by molar-refractivity contribution is 0.0676. The highest BCUT2D eigenvalue weighted by molar-refractivity contribution is 6.12. The zero-order chi connectivity index (χ0) is 22.4. The molecule has 0 spiro atoms. The number of anilines is 1. The maximum absolute atomic E-state index is 12.9. The van der Waals surface area contributed by atoms with Gasteiger partial charge in [0.15, 0.2) is 11.4 Å². The third kappa shape index (κ3) is 4.86. The van der Waals surface area contributed by atoms with Crippen LogP contribution in [0.1, 0.15) is 50.4 Å². The summed E-state index contributed by atoms with van der Waals surface area (Å²) in [5.74, 6) is -3.33. The fourth-order valence-corrected chi connectivity index (χ4v) is 2.88. The Morgan fingerprint density at radius 1 is 1.06 bits per heavy atom. The van der Waals surface area contributed by atoms with Crippen molar-refractivity contribution in [3.63, 3.8) is 0 Å². The molecule has 2 aromatic heterocycles. The van der Waals surface area contributed by atoms with Gasteiger partial charge >= 0.3 is 11.9 Å². The Morgan fingerprint density at radius 3 is 2.45 bits per heavy atom. The Kier molecular flexibility index (Phi) is 6.61. The van der Waals surface area contributed by atoms with Gasteiger partial charge in [-0.3, -0.25) is 9.78 Å². The summed E-state index contributed by atoms with van der Waals surface area (Å²) in [6.45, 7) is 2.21. The van der Waals surface area contributed by atoms with Crippen molar-refractivity contribution in [1.82, 2.24) is 14.8 Å². The lowest BCUT2D eigenvalue weighted by Gasteiger charge is -2.11. The number of aromatic nitrogens is 3. The van der Waals surface area contributed by atoms with Crippen LogP contribution in [-0.4, -0.2) is 49.4 Å². The summed E-state index contributed by atoms with van der Waals surface area (Å²) in [6, 6.07) is 11.5. The predicted molar refractivity (Wildman–Crippen MR) is 110 cm³/mol. The van der Waals surface area contributed by atoms with Gasteiger partial charge in [0.2, 0.25) is 0 Å². The second kappa shape index (κ2) is 9.53. The Morgan fingerprint density at radius 2 is 1.81 bits per heavy atom. The summed E-state index contributed by atoms with van der Waals surface area (Å²) in [6.07, 6.45) is 2.25. The van der Waals surface area contributed by atoms with Crippen molar-refractivity contribution in [2.24, 2.45) is 0 Å². The molecule has 1 aromatic carbocycles. The molecule has 2 heterocycles. The Bertz CT molecular complexity index is 1110. The van der Waals surface area contributed by atoms with Gasteiger partial charge in [-0.05, 0) is 30.7 Å². The average molecular weight is 424 g/mol. The van der Waals surface area contributed by atoms with Crippen LogP contribution >= 0.6 is 0 Å². The van der Waals surface area contributed by atoms with E-state index in [-0.39, 0.29) is 12.1 Å². The van der Waals surface area contributed by atoms with Gasteiger partial charge in [-0.2, -0.15) is 5.10 Å². The molecule has 0 aliphatic rings. The van der Waals surface area contributed by atoms with Crippen molar-refractivity contribution in [3.05, 3.63) is 71.3 Å². The third-order valence-corrected chi connectivity index (χ3v) is 4.23. The molecule has 10 heteroatoms. The molecular weight excluding hydrogens is 404 g/mol. The second-order valence-corrected chi connectivity index (χ2v) is 6.46. The van der Waals surface area contributed by atoms with E-state index in [9.17, 15) is 24.6 Å². The largest absolute Gasteiger partial charge is 0.493 e. The molecule has 0 radical (unpaired) electrons. The van der Waals surface area contributed by atoms with Crippen LogP contribution in [0, 0.1) is 0 Å². The molecule has 0 bridgehead atoms. The van der Waals surface area contributed by atoms with E-state index in [1.165, 1.54) is 12.3 Å². The Labute approximate surface area is 177 Å². The standard InChI is InChI=1S/C21H20N4O6/c1-2-11-31-15-9-4-3-8-14(15)19(26)23-16-17(20(27)28)24-25(18(16)21(29)30)12-13-7-5-6-10-22-13/h3-10H,2,11-12H2,1H3,(H,23,26)(H,27,28)(H,29,30). The number of para-hydroxylation sites is 1. The van der Waals surface area contributed by atoms with E-state index in [0.717, 1.165) is 11.1 Å². The fraction of sp³-hybridized carbons (Fsp3) is 0.190. The van der Waals surface area contributed by atoms with E-state index in [1.54, 1.807) is 36.4 Å². The van der Waals surface area contributed by atoms with E-state index < -0.39 is 34.9 Å². The molecule has 0 aliphatic carbocycles. The van der Waals surface area contributed by atoms with Crippen LogP contribution in [0.5, 0.6) is 5.75 Å². The maximum atomic E-state index is 12.9. The zero-order valence-electron chi connectivity index (χ0n) is 16.6. The van der Waals surface area contributed by atoms with E-state index in [1.807, 2.05) is 6.92 Å². The van der Waals surface area contributed by atoms with Crippen LogP contribution in [0.4, 0.5) is 5.69 Å². The van der Waals surface area contributed by atoms with Gasteiger partial charge in [0.05, 0.1) is 24.4 Å². The summed E-state index contributed by atoms with van der Waals surface area (Å²) in [7, 11) is 0. The molecule has 0 unspecified atom stereocenters. The summed E-state index contributed by atoms with van der Waals surface area (Å²) in [5, 5.41) is 25.6. The third-order valence-electron chi connectivity index (χ3n) is 4.23. The van der Waals surface area contributed by atoms with Gasteiger partial charge in [-0.1, -0.05) is 25.1 Å². The molecule has 0 aliphatic heterocycles. The minimum Gasteiger partial charge on any atom is -0.493 e. The van der Waals surface area contributed by atoms with Gasteiger partial charge in [-0.15, -0.1) is 0 Å². The number of carboxylic acids is 2. The van der Waals surface area contributed by atoms with E-state index in [2.05, 4.69) is 15.4 Å². The summed E-state index contributed by atoms with van der Waals surface area (Å²) in [5.41, 5.74) is -0.857. The van der Waals surface area contributed by atoms with Crippen molar-refractivity contribution in [2.45, 2.75) is 19.9 Å². The molecule has 0 atom stereocenters. The first kappa shape index (κ1) is 21.5. The lowest BCUT2D eigenvalue weighted by Crippen LogP contribution is -2.18. The highest BCUT2D eigenvalue weighted by Crippen LogP contribution is 2.25. The minimum absolute atomic E-state index is 0.0885. The van der Waals surface area contributed by atoms with Crippen LogP contribution in [0.2, 0.25) is 0 Å². The highest BCUT2D eigenvalue weighted by Gasteiger charge is 2.29. The van der Waals surface area contributed by atoms with Crippen LogP contribution in [0.15, 0.2) is 48.7 Å². The number of aromatic carboxylic acids is 2. The normalized spacial score (nSPS) is 10.5. The quantitative estimate of drug-likeness (QED) is 0.476. The number of hydrogen-bond donors (Lipinski definition) is 3. The van der Waals surface area contributed by atoms with Crippen LogP contribution in [0.25, 0.3) is 0 Å². The number of carbonyl (C=O) groups is 3. The fourth-order valence-electron chi connectivity index (χ4n) is 2.88. The highest BCUT2D eigenvalue weighted by atomic mass is 16.5. The zero-order valence-corrected chi connectivity index (χ0v) is 16.6. The molecule has 3 aromatic rings. The van der Waals surface area contributed by atoms with Crippen LogP contribution < -0.4 is 10.1 Å². The molecule has 3 N–H and O–H groups in total. The van der Waals surface area contributed by atoms with Crippen molar-refractivity contribution in [2.75, 3.05) is 11.9 Å². The number of carbonyl (C=O) groups excluding carboxylic acids is 1. The minimum atomic E-state index is -1.48. The average Bonchev–Trinajstić information content (AvgIpc) is 3.11. The number of rotatable bonds is 9. The van der Waals surface area contributed by atoms with E-state index >= 15 is 0 Å². The molecule has 160 valence electrons. The number of amides is 1. The van der Waals surface area contributed by atoms with Crippen molar-refractivity contribution in [1.29, 1.82) is 0 Å². The van der Waals surface area contributed by atoms with Gasteiger partial charge in [-0.25, -0.2) is 14.3 Å². The van der Waals surface area contributed by atoms with Crippen LogP contribution in [-0.2, 0) is 6.54 Å². The van der Waals surface area contributed by atoms with Crippen LogP contribution in [0.3, 0.4) is 0 Å². The first-order valence-electron chi connectivity index (χ1n) is 9.42. The number of nitrogens with zero attached hydrogens (tertiary/aromatic N) is 3. The molecule has 31 heavy (non-hydrogen) atoms. The number of carboxylic acid groups (broad SMARTS) is 2. The number of benzene rings is 1. The van der Waals surface area contributed by atoms with E-state index in [4.69, 9.17) is 4.74 Å². The number of nitrogens with one attached hydrogen (secondary N) is 1. The molecule has 3 rings (SSSR count). The molecule has 0 fully saturated rings. The summed E-state index contributed by atoms with van der Waals surface area (Å²) < 4.78 is 6.55. The first-order chi connectivity index (χ1) is 14.9. The van der Waals surface area contributed by atoms with Gasteiger partial charge in [0.25, 0.3) is 5.91 Å². The molecule has 0 saturated carbocycles. The monoisotopic (exact) mass is 424 g/mol. The number of hydrogen-bond acceptors (Lipinski definition) is 6. The first-order valence-corrected chi connectivity index (χ1v) is 9.42. The molecule has 10 nitrogen and oxygen atoms in total. The maximum Gasteiger partial charge on any atom is 0.358 e. The number of ether oxygens (including phenoxy) is 1. The van der Waals surface area contributed by atoms with Crippen molar-refractivity contribution < 1.29 is 29.3 Å². The van der Waals surface area contributed by atoms with Gasteiger partial charge in [0.1, 0.15) is 11.4 Å². The SMILES string of the molecule is CCCOc1ccccc1C(=O)Nc1c(C(=O)O)nn(Cc2ccccn2)c1C(=O)O. The second-order valence-electron chi connectivity index (χ2n) is 6.46. The summed E-state index contributed by atoms with van der Waals surface area (Å²) >= 11 is 0. The number of pyridine rings is 1.